The number of hydrogen-bond donors (Lipinski definition) is 2. The second-order valence-corrected chi connectivity index (χ2v) is 7.63. The lowest BCUT2D eigenvalue weighted by Gasteiger charge is -2.25. The van der Waals surface area contributed by atoms with Gasteiger partial charge in [-0.2, -0.15) is 0 Å². The van der Waals surface area contributed by atoms with Crippen LogP contribution in [-0.2, 0) is 14.4 Å². The molecule has 0 saturated carbocycles. The van der Waals surface area contributed by atoms with Crippen LogP contribution in [0, 0.1) is 5.92 Å². The van der Waals surface area contributed by atoms with Gasteiger partial charge < -0.3 is 15.5 Å². The topological polar surface area (TPSA) is 78.5 Å². The number of nitrogens with one attached hydrogen (secondary N) is 2. The Morgan fingerprint density at radius 3 is 2.54 bits per heavy atom. The molecular formula is C21H22BrN3O3. The van der Waals surface area contributed by atoms with Gasteiger partial charge in [-0.15, -0.1) is 0 Å². The lowest BCUT2D eigenvalue weighted by atomic mass is 10.1. The van der Waals surface area contributed by atoms with Crippen LogP contribution in [0.4, 0.5) is 5.69 Å². The van der Waals surface area contributed by atoms with Crippen molar-refractivity contribution in [2.75, 3.05) is 18.4 Å². The third-order valence-electron chi connectivity index (χ3n) is 4.85. The Morgan fingerprint density at radius 2 is 1.82 bits per heavy atom. The highest BCUT2D eigenvalue weighted by Gasteiger charge is 2.37. The van der Waals surface area contributed by atoms with E-state index in [0.717, 1.165) is 10.0 Å². The maximum Gasteiger partial charge on any atom is 0.243 e. The third kappa shape index (κ3) is 4.78. The molecule has 0 aromatic heterocycles. The van der Waals surface area contributed by atoms with Gasteiger partial charge in [0.15, 0.2) is 0 Å². The first-order valence-corrected chi connectivity index (χ1v) is 9.91. The average molecular weight is 444 g/mol. The van der Waals surface area contributed by atoms with Gasteiger partial charge >= 0.3 is 0 Å². The van der Waals surface area contributed by atoms with Crippen molar-refractivity contribution >= 4 is 39.3 Å². The van der Waals surface area contributed by atoms with Crippen molar-refractivity contribution in [3.8, 4) is 0 Å². The number of likely N-dealkylation sites (tertiary alicyclic amines) is 1. The largest absolute Gasteiger partial charge is 0.347 e. The molecule has 1 saturated heterocycles. The van der Waals surface area contributed by atoms with Crippen LogP contribution in [0.25, 0.3) is 0 Å². The predicted octanol–water partition coefficient (Wildman–Crippen LogP) is 3.11. The average Bonchev–Trinajstić information content (AvgIpc) is 3.10. The molecule has 0 unspecified atom stereocenters. The molecular weight excluding hydrogens is 422 g/mol. The smallest absolute Gasteiger partial charge is 0.243 e. The van der Waals surface area contributed by atoms with Crippen molar-refractivity contribution in [2.24, 2.45) is 5.92 Å². The van der Waals surface area contributed by atoms with Crippen molar-refractivity contribution in [2.45, 2.75) is 19.4 Å². The second-order valence-electron chi connectivity index (χ2n) is 6.78. The van der Waals surface area contributed by atoms with Crippen molar-refractivity contribution in [1.82, 2.24) is 10.2 Å². The molecule has 1 heterocycles. The van der Waals surface area contributed by atoms with E-state index in [0.29, 0.717) is 12.2 Å². The van der Waals surface area contributed by atoms with E-state index in [9.17, 15) is 14.4 Å². The summed E-state index contributed by atoms with van der Waals surface area (Å²) in [6.07, 6.45) is 0.162. The van der Waals surface area contributed by atoms with Crippen LogP contribution in [0.5, 0.6) is 0 Å². The normalized spacial score (nSPS) is 17.3. The molecule has 0 radical (unpaired) electrons. The summed E-state index contributed by atoms with van der Waals surface area (Å²) in [6, 6.07) is 16.9. The fourth-order valence-electron chi connectivity index (χ4n) is 3.26. The molecule has 0 bridgehead atoms. The summed E-state index contributed by atoms with van der Waals surface area (Å²) >= 11 is 3.36. The number of halogens is 1. The summed E-state index contributed by atoms with van der Waals surface area (Å²) in [6.45, 7) is 2.17. The molecule has 0 aliphatic carbocycles. The van der Waals surface area contributed by atoms with Crippen molar-refractivity contribution in [3.63, 3.8) is 0 Å². The molecule has 2 aromatic carbocycles. The maximum absolute atomic E-state index is 12.4. The van der Waals surface area contributed by atoms with Crippen molar-refractivity contribution in [1.29, 1.82) is 0 Å². The van der Waals surface area contributed by atoms with Crippen LogP contribution in [0.1, 0.15) is 24.9 Å². The molecule has 0 spiro atoms. The van der Waals surface area contributed by atoms with E-state index < -0.39 is 5.92 Å². The van der Waals surface area contributed by atoms with Gasteiger partial charge in [-0.25, -0.2) is 0 Å². The van der Waals surface area contributed by atoms with E-state index >= 15 is 0 Å². The first-order valence-electron chi connectivity index (χ1n) is 9.12. The number of amides is 3. The number of para-hydroxylation sites is 1. The lowest BCUT2D eigenvalue weighted by Crippen LogP contribution is -2.38. The Labute approximate surface area is 172 Å². The van der Waals surface area contributed by atoms with E-state index in [1.165, 1.54) is 0 Å². The van der Waals surface area contributed by atoms with Gasteiger partial charge in [0.25, 0.3) is 0 Å². The van der Waals surface area contributed by atoms with Crippen LogP contribution in [0.2, 0.25) is 0 Å². The van der Waals surface area contributed by atoms with Crippen molar-refractivity contribution in [3.05, 3.63) is 64.6 Å². The minimum absolute atomic E-state index is 0.0471. The van der Waals surface area contributed by atoms with E-state index in [4.69, 9.17) is 0 Å². The first-order chi connectivity index (χ1) is 13.5. The number of anilines is 1. The molecule has 1 aliphatic heterocycles. The predicted molar refractivity (Wildman–Crippen MR) is 110 cm³/mol. The van der Waals surface area contributed by atoms with E-state index in [-0.39, 0.29) is 36.7 Å². The van der Waals surface area contributed by atoms with E-state index in [1.807, 2.05) is 55.5 Å². The van der Waals surface area contributed by atoms with Crippen LogP contribution in [-0.4, -0.2) is 35.7 Å². The number of hydrogen-bond acceptors (Lipinski definition) is 3. The number of rotatable bonds is 6. The Hall–Kier alpha value is -2.67. The standard InChI is InChI=1S/C21H22BrN3O3/c1-14(15-7-3-2-4-8-15)25-13-16(11-20(25)27)21(28)23-12-19(26)24-18-10-6-5-9-17(18)22/h2-10,14,16H,11-13H2,1H3,(H,23,28)(H,24,26)/t14-,16+/m1/s1. The number of carbonyl (C=O) groups excluding carboxylic acids is 3. The van der Waals surface area contributed by atoms with Crippen LogP contribution in [0.15, 0.2) is 59.1 Å². The SMILES string of the molecule is C[C@H](c1ccccc1)N1C[C@@H](C(=O)NCC(=O)Nc2ccccc2Br)CC1=O. The second kappa shape index (κ2) is 9.01. The molecule has 2 N–H and O–H groups in total. The summed E-state index contributed by atoms with van der Waals surface area (Å²) in [4.78, 5) is 38.6. The first kappa shape index (κ1) is 20.1. The highest BCUT2D eigenvalue weighted by Crippen LogP contribution is 2.28. The van der Waals surface area contributed by atoms with E-state index in [1.54, 1.807) is 11.0 Å². The van der Waals surface area contributed by atoms with Crippen LogP contribution >= 0.6 is 15.9 Å². The molecule has 2 aromatic rings. The van der Waals surface area contributed by atoms with Crippen LogP contribution in [0.3, 0.4) is 0 Å². The fourth-order valence-corrected chi connectivity index (χ4v) is 3.65. The van der Waals surface area contributed by atoms with E-state index in [2.05, 4.69) is 26.6 Å². The highest BCUT2D eigenvalue weighted by atomic mass is 79.9. The Balaban J connectivity index is 1.52. The monoisotopic (exact) mass is 443 g/mol. The molecule has 6 nitrogen and oxygen atoms in total. The molecule has 28 heavy (non-hydrogen) atoms. The van der Waals surface area contributed by atoms with Gasteiger partial charge in [0.05, 0.1) is 24.2 Å². The molecule has 3 amide bonds. The van der Waals surface area contributed by atoms with Gasteiger partial charge in [0, 0.05) is 17.4 Å². The molecule has 7 heteroatoms. The summed E-state index contributed by atoms with van der Waals surface area (Å²) in [5.74, 6) is -1.10. The summed E-state index contributed by atoms with van der Waals surface area (Å²) < 4.78 is 0.765. The Bertz CT molecular complexity index is 872. The zero-order valence-electron chi connectivity index (χ0n) is 15.5. The molecule has 3 rings (SSSR count). The van der Waals surface area contributed by atoms with Crippen LogP contribution < -0.4 is 10.6 Å². The van der Waals surface area contributed by atoms with Crippen molar-refractivity contribution < 1.29 is 14.4 Å². The van der Waals surface area contributed by atoms with Gasteiger partial charge in [0.1, 0.15) is 0 Å². The van der Waals surface area contributed by atoms with Gasteiger partial charge in [-0.05, 0) is 40.5 Å². The highest BCUT2D eigenvalue weighted by molar-refractivity contribution is 9.10. The summed E-state index contributed by atoms with van der Waals surface area (Å²) in [7, 11) is 0. The summed E-state index contributed by atoms with van der Waals surface area (Å²) in [5, 5.41) is 5.37. The molecule has 1 fully saturated rings. The number of benzene rings is 2. The zero-order valence-corrected chi connectivity index (χ0v) is 17.1. The quantitative estimate of drug-likeness (QED) is 0.719. The Kier molecular flexibility index (Phi) is 6.46. The zero-order chi connectivity index (χ0) is 20.1. The number of nitrogens with zero attached hydrogens (tertiary/aromatic N) is 1. The van der Waals surface area contributed by atoms with Gasteiger partial charge in [0.2, 0.25) is 17.7 Å². The lowest BCUT2D eigenvalue weighted by molar-refractivity contribution is -0.130. The fraction of sp³-hybridized carbons (Fsp3) is 0.286. The number of carbonyl (C=O) groups is 3. The van der Waals surface area contributed by atoms with Gasteiger partial charge in [-0.3, -0.25) is 14.4 Å². The molecule has 1 aliphatic rings. The molecule has 146 valence electrons. The summed E-state index contributed by atoms with van der Waals surface area (Å²) in [5.41, 5.74) is 1.67. The third-order valence-corrected chi connectivity index (χ3v) is 5.54. The minimum Gasteiger partial charge on any atom is -0.347 e. The Morgan fingerprint density at radius 1 is 1.14 bits per heavy atom. The van der Waals surface area contributed by atoms with Gasteiger partial charge in [-0.1, -0.05) is 42.5 Å². The molecule has 2 atom stereocenters. The minimum atomic E-state index is -0.449. The maximum atomic E-state index is 12.4.